The van der Waals surface area contributed by atoms with Gasteiger partial charge in [0.05, 0.1) is 0 Å². The molecule has 98 valence electrons. The van der Waals surface area contributed by atoms with Gasteiger partial charge in [0.1, 0.15) is 0 Å². The summed E-state index contributed by atoms with van der Waals surface area (Å²) in [6.45, 7) is 19.9. The summed E-state index contributed by atoms with van der Waals surface area (Å²) in [5.74, 6) is 0. The third-order valence-electron chi connectivity index (χ3n) is 2.52. The Morgan fingerprint density at radius 1 is 0.947 bits per heavy atom. The molecule has 0 unspecified atom stereocenters. The van der Waals surface area contributed by atoms with E-state index in [1.165, 1.54) is 9.75 Å². The van der Waals surface area contributed by atoms with Gasteiger partial charge < -0.3 is 0 Å². The summed E-state index contributed by atoms with van der Waals surface area (Å²) in [5, 5.41) is 0. The molecule has 0 aliphatic carbocycles. The predicted octanol–water partition coefficient (Wildman–Crippen LogP) is 5.87. The van der Waals surface area contributed by atoms with Gasteiger partial charge in [-0.15, -0.1) is 11.3 Å². The third kappa shape index (κ3) is 5.11. The van der Waals surface area contributed by atoms with E-state index in [1.54, 1.807) is 11.3 Å². The lowest BCUT2D eigenvalue weighted by Crippen LogP contribution is -1.79. The maximum atomic E-state index is 4.06. The van der Waals surface area contributed by atoms with E-state index in [2.05, 4.69) is 45.4 Å². The molecule has 0 atom stereocenters. The highest BCUT2D eigenvalue weighted by atomic mass is 32.1. The average Bonchev–Trinajstić information content (AvgIpc) is 2.79. The number of rotatable bonds is 6. The van der Waals surface area contributed by atoms with Gasteiger partial charge in [0.2, 0.25) is 0 Å². The minimum Gasteiger partial charge on any atom is -0.141 e. The van der Waals surface area contributed by atoms with Crippen LogP contribution in [0.2, 0.25) is 0 Å². The van der Waals surface area contributed by atoms with Crippen molar-refractivity contribution >= 4 is 16.9 Å². The molecule has 0 fully saturated rings. The number of hydrogen-bond donors (Lipinski definition) is 0. The molecule has 1 heteroatoms. The number of aryl methyl sites for hydroxylation is 1. The zero-order chi connectivity index (χ0) is 14.4. The van der Waals surface area contributed by atoms with E-state index < -0.39 is 0 Å². The van der Waals surface area contributed by atoms with Crippen molar-refractivity contribution in [1.82, 2.24) is 0 Å². The SMILES string of the molecule is C=C(C)/C=C\C(=C)C(=C)/C=C\C(=C)c1ccc(C)s1. The first-order valence-electron chi connectivity index (χ1n) is 6.05. The first-order chi connectivity index (χ1) is 8.90. The Kier molecular flexibility index (Phi) is 5.53. The zero-order valence-corrected chi connectivity index (χ0v) is 12.5. The predicted molar refractivity (Wildman–Crippen MR) is 89.5 cm³/mol. The topological polar surface area (TPSA) is 0 Å². The quantitative estimate of drug-likeness (QED) is 0.566. The van der Waals surface area contributed by atoms with Crippen molar-refractivity contribution in [3.63, 3.8) is 0 Å². The van der Waals surface area contributed by atoms with Crippen molar-refractivity contribution in [1.29, 1.82) is 0 Å². The molecule has 1 aromatic rings. The second-order valence-electron chi connectivity index (χ2n) is 4.50. The summed E-state index contributed by atoms with van der Waals surface area (Å²) < 4.78 is 0. The van der Waals surface area contributed by atoms with Gasteiger partial charge in [-0.3, -0.25) is 0 Å². The molecule has 19 heavy (non-hydrogen) atoms. The lowest BCUT2D eigenvalue weighted by atomic mass is 10.1. The first-order valence-corrected chi connectivity index (χ1v) is 6.87. The maximum absolute atomic E-state index is 4.06. The number of thiophene rings is 1. The Labute approximate surface area is 120 Å². The second kappa shape index (κ2) is 6.91. The van der Waals surface area contributed by atoms with E-state index in [9.17, 15) is 0 Å². The van der Waals surface area contributed by atoms with Gasteiger partial charge in [-0.1, -0.05) is 56.2 Å². The maximum Gasteiger partial charge on any atom is 0.0339 e. The molecular weight excluding hydrogens is 248 g/mol. The van der Waals surface area contributed by atoms with Gasteiger partial charge in [-0.25, -0.2) is 0 Å². The van der Waals surface area contributed by atoms with Gasteiger partial charge in [0.15, 0.2) is 0 Å². The fourth-order valence-corrected chi connectivity index (χ4v) is 2.17. The summed E-state index contributed by atoms with van der Waals surface area (Å²) in [6, 6.07) is 4.19. The van der Waals surface area contributed by atoms with Gasteiger partial charge in [-0.05, 0) is 42.7 Å². The zero-order valence-electron chi connectivity index (χ0n) is 11.7. The smallest absolute Gasteiger partial charge is 0.0339 e. The highest BCUT2D eigenvalue weighted by Gasteiger charge is 1.99. The van der Waals surface area contributed by atoms with Crippen molar-refractivity contribution in [2.75, 3.05) is 0 Å². The van der Waals surface area contributed by atoms with Crippen LogP contribution in [0.15, 0.2) is 79.5 Å². The van der Waals surface area contributed by atoms with Gasteiger partial charge in [-0.2, -0.15) is 0 Å². The summed E-state index contributed by atoms with van der Waals surface area (Å²) >= 11 is 1.74. The first kappa shape index (κ1) is 15.2. The third-order valence-corrected chi connectivity index (χ3v) is 3.60. The molecule has 1 aromatic heterocycles. The van der Waals surface area contributed by atoms with E-state index in [4.69, 9.17) is 0 Å². The monoisotopic (exact) mass is 268 g/mol. The Bertz CT molecular complexity index is 577. The molecule has 0 aliphatic rings. The average molecular weight is 268 g/mol. The normalized spacial score (nSPS) is 11.1. The molecule has 0 nitrogen and oxygen atoms in total. The van der Waals surface area contributed by atoms with Gasteiger partial charge in [0.25, 0.3) is 0 Å². The van der Waals surface area contributed by atoms with Crippen LogP contribution in [-0.4, -0.2) is 0 Å². The van der Waals surface area contributed by atoms with Crippen molar-refractivity contribution in [3.05, 3.63) is 89.2 Å². The molecule has 0 spiro atoms. The Morgan fingerprint density at radius 2 is 1.53 bits per heavy atom. The van der Waals surface area contributed by atoms with Crippen molar-refractivity contribution in [3.8, 4) is 0 Å². The lowest BCUT2D eigenvalue weighted by Gasteiger charge is -2.00. The molecule has 1 rings (SSSR count). The number of hydrogen-bond acceptors (Lipinski definition) is 1. The minimum atomic E-state index is 0.881. The van der Waals surface area contributed by atoms with Crippen LogP contribution in [0.4, 0.5) is 0 Å². The van der Waals surface area contributed by atoms with Crippen molar-refractivity contribution in [2.24, 2.45) is 0 Å². The summed E-state index contributed by atoms with van der Waals surface area (Å²) in [5.41, 5.74) is 3.76. The van der Waals surface area contributed by atoms with Crippen molar-refractivity contribution < 1.29 is 0 Å². The van der Waals surface area contributed by atoms with Crippen molar-refractivity contribution in [2.45, 2.75) is 13.8 Å². The van der Waals surface area contributed by atoms with E-state index in [0.29, 0.717) is 0 Å². The fraction of sp³-hybridized carbons (Fsp3) is 0.111. The molecule has 0 N–H and O–H groups in total. The van der Waals surface area contributed by atoms with Gasteiger partial charge >= 0.3 is 0 Å². The van der Waals surface area contributed by atoms with Crippen LogP contribution in [0.1, 0.15) is 16.7 Å². The molecule has 0 saturated carbocycles. The van der Waals surface area contributed by atoms with Crippen LogP contribution in [0.25, 0.3) is 5.57 Å². The van der Waals surface area contributed by atoms with Gasteiger partial charge in [0, 0.05) is 9.75 Å². The highest BCUT2D eigenvalue weighted by Crippen LogP contribution is 2.24. The molecule has 0 saturated heterocycles. The molecule has 0 aliphatic heterocycles. The Balaban J connectivity index is 2.66. The van der Waals surface area contributed by atoms with Crippen LogP contribution in [0.5, 0.6) is 0 Å². The number of allylic oxidation sites excluding steroid dienone is 8. The largest absolute Gasteiger partial charge is 0.141 e. The van der Waals surface area contributed by atoms with E-state index in [1.807, 2.05) is 31.2 Å². The van der Waals surface area contributed by atoms with Crippen LogP contribution < -0.4 is 0 Å². The molecule has 0 bridgehead atoms. The minimum absolute atomic E-state index is 0.881. The second-order valence-corrected chi connectivity index (χ2v) is 5.79. The van der Waals surface area contributed by atoms with Crippen LogP contribution in [0, 0.1) is 6.92 Å². The lowest BCUT2D eigenvalue weighted by molar-refractivity contribution is 1.52. The van der Waals surface area contributed by atoms with E-state index in [-0.39, 0.29) is 0 Å². The molecular formula is C18H20S. The molecule has 1 heterocycles. The Hall–Kier alpha value is -1.86. The van der Waals surface area contributed by atoms with Crippen LogP contribution in [-0.2, 0) is 0 Å². The highest BCUT2D eigenvalue weighted by molar-refractivity contribution is 7.13. The molecule has 0 aromatic carbocycles. The van der Waals surface area contributed by atoms with Crippen LogP contribution >= 0.6 is 11.3 Å². The standard InChI is InChI=1S/C18H20S/c1-13(2)7-8-14(3)15(4)9-10-16(5)18-12-11-17(6)19-18/h7-12H,1,3-5H2,2,6H3/b8-7-,10-9-. The summed E-state index contributed by atoms with van der Waals surface area (Å²) in [6.07, 6.45) is 7.78. The van der Waals surface area contributed by atoms with E-state index in [0.717, 1.165) is 22.3 Å². The molecule has 0 amide bonds. The molecule has 0 radical (unpaired) electrons. The van der Waals surface area contributed by atoms with E-state index >= 15 is 0 Å². The summed E-state index contributed by atoms with van der Waals surface area (Å²) in [7, 11) is 0. The summed E-state index contributed by atoms with van der Waals surface area (Å²) in [4.78, 5) is 2.47. The fourth-order valence-electron chi connectivity index (χ4n) is 1.35. The van der Waals surface area contributed by atoms with Crippen LogP contribution in [0.3, 0.4) is 0 Å². The Morgan fingerprint density at radius 3 is 2.00 bits per heavy atom.